The van der Waals surface area contributed by atoms with Gasteiger partial charge in [0.15, 0.2) is 5.76 Å². The number of rotatable bonds is 2. The maximum Gasteiger partial charge on any atom is 0.228 e. The van der Waals surface area contributed by atoms with Crippen LogP contribution < -0.4 is 0 Å². The predicted octanol–water partition coefficient (Wildman–Crippen LogP) is 4.50. The maximum absolute atomic E-state index is 12.6. The summed E-state index contributed by atoms with van der Waals surface area (Å²) in [7, 11) is 0. The van der Waals surface area contributed by atoms with Crippen molar-refractivity contribution in [1.82, 2.24) is 0 Å². The minimum absolute atomic E-state index is 0.239. The van der Waals surface area contributed by atoms with Gasteiger partial charge in [0.25, 0.3) is 0 Å². The first-order valence-corrected chi connectivity index (χ1v) is 6.71. The summed E-state index contributed by atoms with van der Waals surface area (Å²) in [6.07, 6.45) is 0. The van der Waals surface area contributed by atoms with Crippen LogP contribution in [0.3, 0.4) is 0 Å². The van der Waals surface area contributed by atoms with Crippen LogP contribution in [0, 0.1) is 18.3 Å². The molecule has 2 aromatic carbocycles. The molecule has 0 fully saturated rings. The third-order valence-corrected chi connectivity index (χ3v) is 3.59. The fourth-order valence-corrected chi connectivity index (χ4v) is 2.44. The van der Waals surface area contributed by atoms with Gasteiger partial charge >= 0.3 is 0 Å². The Morgan fingerprint density at radius 3 is 2.81 bits per heavy atom. The third kappa shape index (κ3) is 2.31. The first-order valence-electron chi connectivity index (χ1n) is 6.33. The Balaban J connectivity index is 2.13. The average Bonchev–Trinajstić information content (AvgIpc) is 2.83. The topological polar surface area (TPSA) is 54.0 Å². The smallest absolute Gasteiger partial charge is 0.228 e. The van der Waals surface area contributed by atoms with Crippen LogP contribution in [0.15, 0.2) is 46.9 Å². The largest absolute Gasteiger partial charge is 0.452 e. The molecule has 0 aliphatic carbocycles. The second-order valence-electron chi connectivity index (χ2n) is 4.72. The van der Waals surface area contributed by atoms with E-state index in [1.54, 1.807) is 42.5 Å². The summed E-state index contributed by atoms with van der Waals surface area (Å²) in [6.45, 7) is 1.82. The van der Waals surface area contributed by atoms with E-state index in [1.807, 2.05) is 13.0 Å². The van der Waals surface area contributed by atoms with Gasteiger partial charge < -0.3 is 4.42 Å². The fourth-order valence-electron chi connectivity index (χ4n) is 2.27. The first-order chi connectivity index (χ1) is 10.1. The highest BCUT2D eigenvalue weighted by atomic mass is 35.5. The van der Waals surface area contributed by atoms with Crippen molar-refractivity contribution in [2.75, 3.05) is 0 Å². The van der Waals surface area contributed by atoms with Gasteiger partial charge in [0, 0.05) is 21.5 Å². The van der Waals surface area contributed by atoms with Crippen molar-refractivity contribution < 1.29 is 9.21 Å². The van der Waals surface area contributed by atoms with E-state index in [4.69, 9.17) is 21.3 Å². The number of fused-ring (bicyclic) bond motifs is 1. The molecule has 1 aromatic heterocycles. The van der Waals surface area contributed by atoms with E-state index in [0.29, 0.717) is 21.7 Å². The monoisotopic (exact) mass is 295 g/mol. The molecule has 0 saturated heterocycles. The van der Waals surface area contributed by atoms with Crippen molar-refractivity contribution in [3.8, 4) is 6.07 Å². The highest BCUT2D eigenvalue weighted by molar-refractivity contribution is 6.31. The summed E-state index contributed by atoms with van der Waals surface area (Å²) in [5.74, 6) is 0.0410. The summed E-state index contributed by atoms with van der Waals surface area (Å²) in [5, 5.41) is 10.3. The normalized spacial score (nSPS) is 10.5. The number of ketones is 1. The molecule has 0 N–H and O–H groups in total. The number of hydrogen-bond donors (Lipinski definition) is 0. The first kappa shape index (κ1) is 13.4. The molecule has 0 spiro atoms. The Morgan fingerprint density at radius 2 is 2.05 bits per heavy atom. The molecular weight excluding hydrogens is 286 g/mol. The zero-order valence-corrected chi connectivity index (χ0v) is 11.9. The van der Waals surface area contributed by atoms with Crippen molar-refractivity contribution in [3.05, 3.63) is 69.9 Å². The van der Waals surface area contributed by atoms with Crippen LogP contribution in [-0.4, -0.2) is 5.78 Å². The Bertz CT molecular complexity index is 903. The van der Waals surface area contributed by atoms with E-state index >= 15 is 0 Å². The summed E-state index contributed by atoms with van der Waals surface area (Å²) >= 11 is 5.97. The molecule has 0 radical (unpaired) electrons. The van der Waals surface area contributed by atoms with Crippen LogP contribution in [-0.2, 0) is 0 Å². The molecule has 0 unspecified atom stereocenters. The van der Waals surface area contributed by atoms with Crippen LogP contribution in [0.2, 0.25) is 5.02 Å². The van der Waals surface area contributed by atoms with E-state index in [-0.39, 0.29) is 11.5 Å². The number of carbonyl (C=O) groups is 1. The number of nitriles is 1. The molecule has 3 rings (SSSR count). The Hall–Kier alpha value is -2.57. The van der Waals surface area contributed by atoms with E-state index in [2.05, 4.69) is 0 Å². The molecule has 0 bridgehead atoms. The van der Waals surface area contributed by atoms with Crippen LogP contribution >= 0.6 is 11.6 Å². The maximum atomic E-state index is 12.6. The number of hydrogen-bond acceptors (Lipinski definition) is 3. The molecule has 0 amide bonds. The zero-order valence-electron chi connectivity index (χ0n) is 11.2. The second kappa shape index (κ2) is 5.08. The van der Waals surface area contributed by atoms with Gasteiger partial charge in [-0.3, -0.25) is 4.79 Å². The van der Waals surface area contributed by atoms with Crippen LogP contribution in [0.4, 0.5) is 0 Å². The Labute approximate surface area is 126 Å². The van der Waals surface area contributed by atoms with Crippen LogP contribution in [0.5, 0.6) is 0 Å². The molecule has 21 heavy (non-hydrogen) atoms. The second-order valence-corrected chi connectivity index (χ2v) is 5.15. The highest BCUT2D eigenvalue weighted by Crippen LogP contribution is 2.29. The minimum Gasteiger partial charge on any atom is -0.452 e. The van der Waals surface area contributed by atoms with Crippen molar-refractivity contribution in [2.45, 2.75) is 6.92 Å². The fraction of sp³-hybridized carbons (Fsp3) is 0.0588. The highest BCUT2D eigenvalue weighted by Gasteiger charge is 2.19. The molecule has 3 nitrogen and oxygen atoms in total. The van der Waals surface area contributed by atoms with Crippen LogP contribution in [0.25, 0.3) is 11.0 Å². The van der Waals surface area contributed by atoms with Gasteiger partial charge in [-0.2, -0.15) is 5.26 Å². The van der Waals surface area contributed by atoms with Gasteiger partial charge in [-0.05, 0) is 37.3 Å². The lowest BCUT2D eigenvalue weighted by Crippen LogP contribution is -2.01. The number of benzene rings is 2. The molecular formula is C17H10ClNO2. The standard InChI is InChI=1S/C17H10ClNO2/c1-10-14-8-13(18)5-6-15(14)21-17(10)16(20)12-4-2-3-11(7-12)9-19/h2-8H,1H3. The predicted molar refractivity (Wildman–Crippen MR) is 80.6 cm³/mol. The van der Waals surface area contributed by atoms with Gasteiger partial charge in [-0.25, -0.2) is 0 Å². The van der Waals surface area contributed by atoms with Crippen molar-refractivity contribution >= 4 is 28.4 Å². The lowest BCUT2D eigenvalue weighted by Gasteiger charge is -1.99. The molecule has 3 aromatic rings. The average molecular weight is 296 g/mol. The third-order valence-electron chi connectivity index (χ3n) is 3.36. The van der Waals surface area contributed by atoms with Crippen molar-refractivity contribution in [2.24, 2.45) is 0 Å². The van der Waals surface area contributed by atoms with Crippen molar-refractivity contribution in [1.29, 1.82) is 5.26 Å². The quantitative estimate of drug-likeness (QED) is 0.654. The number of aryl methyl sites for hydroxylation is 1. The molecule has 0 saturated carbocycles. The SMILES string of the molecule is Cc1c(C(=O)c2cccc(C#N)c2)oc2ccc(Cl)cc12. The van der Waals surface area contributed by atoms with Gasteiger partial charge in [-0.1, -0.05) is 23.7 Å². The molecule has 102 valence electrons. The van der Waals surface area contributed by atoms with E-state index in [9.17, 15) is 4.79 Å². The summed E-state index contributed by atoms with van der Waals surface area (Å²) in [4.78, 5) is 12.6. The lowest BCUT2D eigenvalue weighted by molar-refractivity contribution is 0.101. The summed E-state index contributed by atoms with van der Waals surface area (Å²) < 4.78 is 5.65. The van der Waals surface area contributed by atoms with E-state index in [1.165, 1.54) is 0 Å². The van der Waals surface area contributed by atoms with Gasteiger partial charge in [0.05, 0.1) is 11.6 Å². The number of halogens is 1. The Morgan fingerprint density at radius 1 is 1.24 bits per heavy atom. The molecule has 1 heterocycles. The molecule has 0 atom stereocenters. The van der Waals surface area contributed by atoms with Crippen LogP contribution in [0.1, 0.15) is 27.2 Å². The number of nitrogens with zero attached hydrogens (tertiary/aromatic N) is 1. The minimum atomic E-state index is -0.239. The lowest BCUT2D eigenvalue weighted by atomic mass is 10.0. The molecule has 4 heteroatoms. The molecule has 0 aliphatic rings. The summed E-state index contributed by atoms with van der Waals surface area (Å²) in [6, 6.07) is 13.8. The van der Waals surface area contributed by atoms with Gasteiger partial charge in [0.2, 0.25) is 5.78 Å². The van der Waals surface area contributed by atoms with E-state index in [0.717, 1.165) is 10.9 Å². The van der Waals surface area contributed by atoms with Gasteiger partial charge in [-0.15, -0.1) is 0 Å². The number of furan rings is 1. The summed E-state index contributed by atoms with van der Waals surface area (Å²) in [5.41, 5.74) is 2.25. The molecule has 0 aliphatic heterocycles. The van der Waals surface area contributed by atoms with Gasteiger partial charge in [0.1, 0.15) is 5.58 Å². The van der Waals surface area contributed by atoms with E-state index < -0.39 is 0 Å². The number of carbonyl (C=O) groups excluding carboxylic acids is 1. The van der Waals surface area contributed by atoms with Crippen molar-refractivity contribution in [3.63, 3.8) is 0 Å². The zero-order chi connectivity index (χ0) is 15.0. The Kier molecular flexibility index (Phi) is 3.25.